The van der Waals surface area contributed by atoms with Gasteiger partial charge < -0.3 is 14.3 Å². The Morgan fingerprint density at radius 1 is 1.00 bits per heavy atom. The van der Waals surface area contributed by atoms with Crippen molar-refractivity contribution in [1.82, 2.24) is 25.0 Å². The van der Waals surface area contributed by atoms with Crippen molar-refractivity contribution in [2.45, 2.75) is 44.3 Å². The topological polar surface area (TPSA) is 74.4 Å². The first-order valence-corrected chi connectivity index (χ1v) is 8.96. The molecular weight excluding hydrogens is 318 g/mol. The molecule has 2 aromatic rings. The zero-order chi connectivity index (χ0) is 17.2. The quantitative estimate of drug-likeness (QED) is 0.782. The van der Waals surface area contributed by atoms with Gasteiger partial charge in [0.05, 0.1) is 6.54 Å². The van der Waals surface area contributed by atoms with Crippen molar-refractivity contribution < 1.29 is 4.52 Å². The van der Waals surface area contributed by atoms with Gasteiger partial charge in [0.15, 0.2) is 6.33 Å². The van der Waals surface area contributed by atoms with Crippen LogP contribution < -0.4 is 9.80 Å². The Morgan fingerprint density at radius 2 is 1.72 bits per heavy atom. The van der Waals surface area contributed by atoms with Crippen molar-refractivity contribution >= 4 is 11.6 Å². The van der Waals surface area contributed by atoms with Crippen LogP contribution in [0.4, 0.5) is 11.6 Å². The van der Waals surface area contributed by atoms with E-state index in [1.165, 1.54) is 19.2 Å². The zero-order valence-corrected chi connectivity index (χ0v) is 14.9. The minimum atomic E-state index is 0.538. The van der Waals surface area contributed by atoms with Crippen LogP contribution >= 0.6 is 0 Å². The van der Waals surface area contributed by atoms with Crippen molar-refractivity contribution in [3.05, 3.63) is 24.6 Å². The lowest BCUT2D eigenvalue weighted by atomic mass is 10.0. The van der Waals surface area contributed by atoms with E-state index in [-0.39, 0.29) is 0 Å². The van der Waals surface area contributed by atoms with Gasteiger partial charge in [-0.05, 0) is 25.7 Å². The molecule has 0 bridgehead atoms. The first-order chi connectivity index (χ1) is 12.2. The number of nitrogens with zero attached hydrogens (tertiary/aromatic N) is 7. The van der Waals surface area contributed by atoms with Gasteiger partial charge in [0.2, 0.25) is 5.89 Å². The lowest BCUT2D eigenvalue weighted by Gasteiger charge is -2.39. The lowest BCUT2D eigenvalue weighted by molar-refractivity contribution is 0.178. The predicted molar refractivity (Wildman–Crippen MR) is 94.5 cm³/mol. The Hall–Kier alpha value is -2.22. The second kappa shape index (κ2) is 6.95. The molecular formula is C17H25N7O. The molecule has 0 unspecified atom stereocenters. The number of likely N-dealkylation sites (tertiary alicyclic amines) is 1. The molecule has 8 heteroatoms. The summed E-state index contributed by atoms with van der Waals surface area (Å²) in [6.45, 7) is 2.83. The maximum absolute atomic E-state index is 5.13. The zero-order valence-electron chi connectivity index (χ0n) is 14.9. The minimum Gasteiger partial charge on any atom is -0.363 e. The van der Waals surface area contributed by atoms with Gasteiger partial charge in [0.25, 0.3) is 0 Å². The Kier molecular flexibility index (Phi) is 4.52. The summed E-state index contributed by atoms with van der Waals surface area (Å²) in [5.41, 5.74) is 0. The van der Waals surface area contributed by atoms with Crippen molar-refractivity contribution in [2.24, 2.45) is 0 Å². The molecule has 8 nitrogen and oxygen atoms in total. The largest absolute Gasteiger partial charge is 0.363 e. The molecule has 0 atom stereocenters. The van der Waals surface area contributed by atoms with Crippen LogP contribution in [0.5, 0.6) is 0 Å². The van der Waals surface area contributed by atoms with E-state index in [1.54, 1.807) is 6.33 Å². The van der Waals surface area contributed by atoms with Gasteiger partial charge in [-0.1, -0.05) is 5.16 Å². The minimum absolute atomic E-state index is 0.538. The average molecular weight is 343 g/mol. The molecule has 1 saturated carbocycles. The van der Waals surface area contributed by atoms with Crippen LogP contribution in [0.25, 0.3) is 0 Å². The summed E-state index contributed by atoms with van der Waals surface area (Å²) < 4.78 is 5.13. The van der Waals surface area contributed by atoms with Gasteiger partial charge in [0, 0.05) is 45.3 Å². The van der Waals surface area contributed by atoms with E-state index in [9.17, 15) is 0 Å². The van der Waals surface area contributed by atoms with Crippen molar-refractivity contribution in [2.75, 3.05) is 37.0 Å². The van der Waals surface area contributed by atoms with E-state index in [0.717, 1.165) is 44.1 Å². The third-order valence-electron chi connectivity index (χ3n) is 5.02. The highest BCUT2D eigenvalue weighted by Gasteiger charge is 2.36. The van der Waals surface area contributed by atoms with Gasteiger partial charge in [-0.3, -0.25) is 4.90 Å². The van der Waals surface area contributed by atoms with E-state index < -0.39 is 0 Å². The summed E-state index contributed by atoms with van der Waals surface area (Å²) >= 11 is 0. The fourth-order valence-electron chi connectivity index (χ4n) is 3.56. The summed E-state index contributed by atoms with van der Waals surface area (Å²) in [6.07, 6.45) is 7.95. The Balaban J connectivity index is 1.43. The van der Waals surface area contributed by atoms with E-state index in [0.29, 0.717) is 18.0 Å². The molecule has 25 heavy (non-hydrogen) atoms. The van der Waals surface area contributed by atoms with Crippen molar-refractivity contribution in [3.8, 4) is 0 Å². The molecule has 1 aliphatic heterocycles. The standard InChI is InChI=1S/C17H25N7O/c1-22(2)15-9-16(19-11-18-15)24(13-3-4-13)14-5-7-23(8-6-14)10-17-20-12-21-25-17/h9,11-14H,3-8,10H2,1-2H3. The number of aromatic nitrogens is 4. The molecule has 2 aliphatic rings. The van der Waals surface area contributed by atoms with Gasteiger partial charge in [0.1, 0.15) is 18.0 Å². The second-order valence-corrected chi connectivity index (χ2v) is 7.11. The maximum atomic E-state index is 5.13. The smallest absolute Gasteiger partial charge is 0.240 e. The van der Waals surface area contributed by atoms with Crippen LogP contribution in [-0.4, -0.2) is 64.3 Å². The van der Waals surface area contributed by atoms with Gasteiger partial charge in [-0.15, -0.1) is 0 Å². The summed E-state index contributed by atoms with van der Waals surface area (Å²) in [5.74, 6) is 2.73. The van der Waals surface area contributed by atoms with Gasteiger partial charge in [-0.2, -0.15) is 4.98 Å². The maximum Gasteiger partial charge on any atom is 0.240 e. The van der Waals surface area contributed by atoms with Gasteiger partial charge >= 0.3 is 0 Å². The number of anilines is 2. The fraction of sp³-hybridized carbons (Fsp3) is 0.647. The molecule has 0 N–H and O–H groups in total. The number of rotatable bonds is 6. The van der Waals surface area contributed by atoms with E-state index >= 15 is 0 Å². The number of piperidine rings is 1. The highest BCUT2D eigenvalue weighted by molar-refractivity contribution is 5.51. The molecule has 0 radical (unpaired) electrons. The number of hydrogen-bond donors (Lipinski definition) is 0. The Labute approximate surface area is 147 Å². The molecule has 2 aromatic heterocycles. The predicted octanol–water partition coefficient (Wildman–Crippen LogP) is 1.56. The molecule has 2 fully saturated rings. The lowest BCUT2D eigenvalue weighted by Crippen LogP contribution is -2.46. The second-order valence-electron chi connectivity index (χ2n) is 7.11. The molecule has 0 amide bonds. The third-order valence-corrected chi connectivity index (χ3v) is 5.02. The van der Waals surface area contributed by atoms with Crippen molar-refractivity contribution in [3.63, 3.8) is 0 Å². The van der Waals surface area contributed by atoms with Crippen LogP contribution in [0.1, 0.15) is 31.6 Å². The summed E-state index contributed by atoms with van der Waals surface area (Å²) in [5, 5.41) is 3.69. The van der Waals surface area contributed by atoms with Crippen LogP contribution in [0.3, 0.4) is 0 Å². The fourth-order valence-corrected chi connectivity index (χ4v) is 3.56. The van der Waals surface area contributed by atoms with E-state index in [2.05, 4.69) is 36.0 Å². The summed E-state index contributed by atoms with van der Waals surface area (Å²) in [7, 11) is 4.03. The first-order valence-electron chi connectivity index (χ1n) is 8.96. The summed E-state index contributed by atoms with van der Waals surface area (Å²) in [4.78, 5) is 20.0. The Bertz CT molecular complexity index is 678. The molecule has 1 saturated heterocycles. The molecule has 0 spiro atoms. The average Bonchev–Trinajstić information content (AvgIpc) is 3.32. The molecule has 134 valence electrons. The van der Waals surface area contributed by atoms with Gasteiger partial charge in [-0.25, -0.2) is 9.97 Å². The number of hydrogen-bond acceptors (Lipinski definition) is 8. The van der Waals surface area contributed by atoms with Crippen LogP contribution in [0.2, 0.25) is 0 Å². The monoisotopic (exact) mass is 343 g/mol. The van der Waals surface area contributed by atoms with Crippen molar-refractivity contribution in [1.29, 1.82) is 0 Å². The van der Waals surface area contributed by atoms with Crippen LogP contribution in [0, 0.1) is 0 Å². The highest BCUT2D eigenvalue weighted by atomic mass is 16.5. The highest BCUT2D eigenvalue weighted by Crippen LogP contribution is 2.36. The molecule has 0 aromatic carbocycles. The summed E-state index contributed by atoms with van der Waals surface area (Å²) in [6, 6.07) is 3.29. The molecule has 1 aliphatic carbocycles. The SMILES string of the molecule is CN(C)c1cc(N(C2CC2)C2CCN(Cc3ncno3)CC2)ncn1. The first kappa shape index (κ1) is 16.3. The molecule has 4 rings (SSSR count). The third kappa shape index (κ3) is 3.73. The van der Waals surface area contributed by atoms with Crippen LogP contribution in [0.15, 0.2) is 23.2 Å². The Morgan fingerprint density at radius 3 is 2.36 bits per heavy atom. The van der Waals surface area contributed by atoms with E-state index in [1.807, 2.05) is 19.0 Å². The van der Waals surface area contributed by atoms with E-state index in [4.69, 9.17) is 4.52 Å². The van der Waals surface area contributed by atoms with Crippen LogP contribution in [-0.2, 0) is 6.54 Å². The normalized spacial score (nSPS) is 19.1. The molecule has 3 heterocycles.